The van der Waals surface area contributed by atoms with Crippen LogP contribution in [0.25, 0.3) is 0 Å². The molecule has 16 nitrogen and oxygen atoms in total. The first-order chi connectivity index (χ1) is 27.3. The van der Waals surface area contributed by atoms with Gasteiger partial charge in [0.15, 0.2) is 0 Å². The maximum absolute atomic E-state index is 14.5. The van der Waals surface area contributed by atoms with E-state index in [1.807, 2.05) is 49.3 Å². The molecule has 312 valence electrons. The Hall–Kier alpha value is -4.38. The number of benzene rings is 1. The molecule has 4 fully saturated rings. The summed E-state index contributed by atoms with van der Waals surface area (Å²) in [5.74, 6) is -1.75. The third kappa shape index (κ3) is 9.85. The molecule has 0 radical (unpaired) electrons. The molecule has 3 aliphatic heterocycles. The van der Waals surface area contributed by atoms with Crippen molar-refractivity contribution in [3.8, 4) is 5.75 Å². The largest absolute Gasteiger partial charge is 0.492 e. The van der Waals surface area contributed by atoms with Gasteiger partial charge in [-0.3, -0.25) is 24.0 Å². The van der Waals surface area contributed by atoms with Crippen molar-refractivity contribution in [3.63, 3.8) is 0 Å². The number of allylic oxidation sites excluding steroid dienone is 1. The standard InChI is InChI=1S/C40H56N6O10S/c1-44(2)18-19-54-30-15-14-26-23-45(24-27(26)20-30)39(51)56-31-21-34-35(47)42-40(37(49)43-57(52,53)32-16-17-32)22-28(40)10-6-4-3-5-7-13-33(36(48)46(34)25-31)41-38(50)55-29-11-8-9-12-29/h6,10,14-15,20,28-29,31-34H,3-5,7-9,11-13,16-19,21-25H2,1-2H3,(H,41,50)(H,42,47)(H,43,49)/b10-6-/t28-,31-,33+,34+,40-/m1/s1. The number of carbonyl (C=O) groups excluding carboxylic acids is 5. The van der Waals surface area contributed by atoms with Crippen molar-refractivity contribution in [2.45, 2.75) is 132 Å². The number of likely N-dealkylation sites (N-methyl/N-ethyl adjacent to an activating group) is 1. The van der Waals surface area contributed by atoms with Crippen LogP contribution in [0.1, 0.15) is 94.6 Å². The molecule has 1 aromatic carbocycles. The van der Waals surface area contributed by atoms with E-state index in [4.69, 9.17) is 14.2 Å². The Morgan fingerprint density at radius 3 is 2.46 bits per heavy atom. The van der Waals surface area contributed by atoms with E-state index < -0.39 is 74.8 Å². The molecule has 0 unspecified atom stereocenters. The number of nitrogens with zero attached hydrogens (tertiary/aromatic N) is 3. The predicted octanol–water partition coefficient (Wildman–Crippen LogP) is 3.09. The number of ether oxygens (including phenoxy) is 3. The van der Waals surface area contributed by atoms with Crippen molar-refractivity contribution in [1.29, 1.82) is 0 Å². The van der Waals surface area contributed by atoms with Crippen LogP contribution >= 0.6 is 0 Å². The number of rotatable bonds is 10. The summed E-state index contributed by atoms with van der Waals surface area (Å²) < 4.78 is 45.4. The Bertz CT molecular complexity index is 1850. The van der Waals surface area contributed by atoms with Crippen LogP contribution in [0.5, 0.6) is 5.75 Å². The molecule has 17 heteroatoms. The first-order valence-electron chi connectivity index (χ1n) is 20.5. The zero-order chi connectivity index (χ0) is 40.3. The number of hydrogen-bond acceptors (Lipinski definition) is 11. The highest BCUT2D eigenvalue weighted by atomic mass is 32.2. The molecule has 7 rings (SSSR count). The van der Waals surface area contributed by atoms with Gasteiger partial charge in [0.2, 0.25) is 21.8 Å². The van der Waals surface area contributed by atoms with Crippen LogP contribution in [0, 0.1) is 5.92 Å². The number of carbonyl (C=O) groups is 5. The first kappa shape index (κ1) is 40.8. The monoisotopic (exact) mass is 812 g/mol. The van der Waals surface area contributed by atoms with Crippen LogP contribution in [0.4, 0.5) is 9.59 Å². The summed E-state index contributed by atoms with van der Waals surface area (Å²) in [5.41, 5.74) is 0.360. The van der Waals surface area contributed by atoms with E-state index in [9.17, 15) is 32.4 Å². The highest BCUT2D eigenvalue weighted by Crippen LogP contribution is 2.46. The van der Waals surface area contributed by atoms with Crippen molar-refractivity contribution in [1.82, 2.24) is 30.1 Å². The highest BCUT2D eigenvalue weighted by Gasteiger charge is 2.62. The second kappa shape index (κ2) is 17.2. The zero-order valence-corrected chi connectivity index (χ0v) is 33.7. The quantitative estimate of drug-likeness (QED) is 0.294. The maximum atomic E-state index is 14.5. The van der Waals surface area contributed by atoms with Gasteiger partial charge in [0, 0.05) is 32.0 Å². The van der Waals surface area contributed by atoms with Crippen LogP contribution in [-0.4, -0.2) is 122 Å². The molecule has 3 heterocycles. The summed E-state index contributed by atoms with van der Waals surface area (Å²) in [6.45, 7) is 1.76. The second-order valence-electron chi connectivity index (χ2n) is 16.7. The number of alkyl carbamates (subject to hydrolysis) is 1. The van der Waals surface area contributed by atoms with Crippen molar-refractivity contribution in [2.75, 3.05) is 33.8 Å². The average molecular weight is 813 g/mol. The smallest absolute Gasteiger partial charge is 0.410 e. The summed E-state index contributed by atoms with van der Waals surface area (Å²) in [6, 6.07) is 3.53. The van der Waals surface area contributed by atoms with E-state index in [0.29, 0.717) is 57.6 Å². The van der Waals surface area contributed by atoms with E-state index in [0.717, 1.165) is 56.2 Å². The fourth-order valence-corrected chi connectivity index (χ4v) is 9.70. The molecule has 1 aromatic rings. The Morgan fingerprint density at radius 2 is 1.70 bits per heavy atom. The summed E-state index contributed by atoms with van der Waals surface area (Å²) in [4.78, 5) is 74.2. The molecular formula is C40H56N6O10S. The van der Waals surface area contributed by atoms with Gasteiger partial charge in [-0.1, -0.05) is 31.1 Å². The van der Waals surface area contributed by atoms with Gasteiger partial charge in [0.05, 0.1) is 11.8 Å². The molecule has 3 N–H and O–H groups in total. The minimum atomic E-state index is -3.91. The lowest BCUT2D eigenvalue weighted by molar-refractivity contribution is -0.141. The minimum absolute atomic E-state index is 0.0637. The number of amides is 5. The maximum Gasteiger partial charge on any atom is 0.410 e. The van der Waals surface area contributed by atoms with Gasteiger partial charge < -0.3 is 34.6 Å². The Kier molecular flexibility index (Phi) is 12.3. The molecule has 3 aliphatic carbocycles. The Morgan fingerprint density at radius 1 is 0.947 bits per heavy atom. The van der Waals surface area contributed by atoms with Crippen molar-refractivity contribution < 1.29 is 46.6 Å². The van der Waals surface area contributed by atoms with Crippen molar-refractivity contribution in [2.24, 2.45) is 5.92 Å². The normalized spacial score (nSPS) is 28.6. The molecule has 5 amide bonds. The molecular weight excluding hydrogens is 757 g/mol. The van der Waals surface area contributed by atoms with E-state index >= 15 is 0 Å². The molecule has 5 atom stereocenters. The first-order valence-corrected chi connectivity index (χ1v) is 22.0. The average Bonchev–Trinajstić information content (AvgIpc) is 3.95. The lowest BCUT2D eigenvalue weighted by atomic mass is 10.0. The van der Waals surface area contributed by atoms with E-state index in [2.05, 4.69) is 15.4 Å². The number of sulfonamides is 1. The number of hydrogen-bond donors (Lipinski definition) is 3. The Labute approximate surface area is 334 Å². The van der Waals surface area contributed by atoms with Gasteiger partial charge in [-0.15, -0.1) is 0 Å². The lowest BCUT2D eigenvalue weighted by Gasteiger charge is -2.30. The van der Waals surface area contributed by atoms with E-state index in [1.54, 1.807) is 4.90 Å². The van der Waals surface area contributed by atoms with Crippen molar-refractivity contribution >= 4 is 39.9 Å². The molecule has 57 heavy (non-hydrogen) atoms. The minimum Gasteiger partial charge on any atom is -0.492 e. The second-order valence-corrected chi connectivity index (χ2v) is 18.7. The topological polar surface area (TPSA) is 193 Å². The van der Waals surface area contributed by atoms with Crippen LogP contribution in [0.3, 0.4) is 0 Å². The van der Waals surface area contributed by atoms with Gasteiger partial charge >= 0.3 is 12.2 Å². The molecule has 0 spiro atoms. The Balaban J connectivity index is 1.09. The SMILES string of the molecule is CN(C)CCOc1ccc2c(c1)CN(C(=O)O[C@@H]1C[C@H]3C(=O)N[C@]4(C(=O)NS(=O)(=O)C5CC5)C[C@H]4/C=C\CCCCC[C@H](NC(=O)OC4CCCC4)C(=O)N3C1)C2. The highest BCUT2D eigenvalue weighted by molar-refractivity contribution is 7.91. The lowest BCUT2D eigenvalue weighted by Crippen LogP contribution is -2.58. The van der Waals surface area contributed by atoms with Crippen LogP contribution in [-0.2, 0) is 47.0 Å². The van der Waals surface area contributed by atoms with Gasteiger partial charge in [-0.25, -0.2) is 18.0 Å². The van der Waals surface area contributed by atoms with Gasteiger partial charge in [-0.2, -0.15) is 0 Å². The predicted molar refractivity (Wildman–Crippen MR) is 207 cm³/mol. The third-order valence-corrected chi connectivity index (χ3v) is 13.8. The molecule has 0 bridgehead atoms. The fraction of sp³-hybridized carbons (Fsp3) is 0.675. The third-order valence-electron chi connectivity index (χ3n) is 11.9. The number of fused-ring (bicyclic) bond motifs is 3. The molecule has 0 aromatic heterocycles. The number of nitrogens with one attached hydrogen (secondary N) is 3. The molecule has 1 saturated heterocycles. The van der Waals surface area contributed by atoms with Crippen LogP contribution in [0.2, 0.25) is 0 Å². The zero-order valence-electron chi connectivity index (χ0n) is 32.9. The van der Waals surface area contributed by atoms with Gasteiger partial charge in [0.1, 0.15) is 42.2 Å². The van der Waals surface area contributed by atoms with E-state index in [1.165, 1.54) is 4.90 Å². The van der Waals surface area contributed by atoms with Gasteiger partial charge in [0.25, 0.3) is 5.91 Å². The van der Waals surface area contributed by atoms with Crippen LogP contribution in [0.15, 0.2) is 30.4 Å². The summed E-state index contributed by atoms with van der Waals surface area (Å²) >= 11 is 0. The summed E-state index contributed by atoms with van der Waals surface area (Å²) in [7, 11) is 0.0280. The van der Waals surface area contributed by atoms with Gasteiger partial charge in [-0.05, 0) is 102 Å². The molecule has 3 saturated carbocycles. The van der Waals surface area contributed by atoms with E-state index in [-0.39, 0.29) is 25.5 Å². The summed E-state index contributed by atoms with van der Waals surface area (Å²) in [5, 5.41) is 4.98. The van der Waals surface area contributed by atoms with Crippen molar-refractivity contribution in [3.05, 3.63) is 41.5 Å². The summed E-state index contributed by atoms with van der Waals surface area (Å²) in [6.07, 6.45) is 9.01. The fourth-order valence-electron chi connectivity index (χ4n) is 8.33. The molecule has 6 aliphatic rings. The van der Waals surface area contributed by atoms with Crippen LogP contribution < -0.4 is 20.1 Å².